The van der Waals surface area contributed by atoms with E-state index < -0.39 is 109 Å². The van der Waals surface area contributed by atoms with Gasteiger partial charge in [-0.05, 0) is 172 Å². The molecule has 1 spiro atoms. The van der Waals surface area contributed by atoms with Crippen LogP contribution in [0.5, 0.6) is 5.75 Å². The molecule has 1 aromatic carbocycles. The van der Waals surface area contributed by atoms with Gasteiger partial charge in [0.25, 0.3) is 0 Å². The maximum Gasteiger partial charge on any atom is 0.338 e. The third kappa shape index (κ3) is 13.4. The molecule has 2 heterocycles. The van der Waals surface area contributed by atoms with E-state index in [9.17, 15) is 19.5 Å². The minimum absolute atomic E-state index is 0.00162. The fraction of sp³-hybridized carbons (Fsp3) is 0.838. The van der Waals surface area contributed by atoms with Crippen LogP contribution in [-0.4, -0.2) is 149 Å². The van der Waals surface area contributed by atoms with E-state index in [4.69, 9.17) is 55.9 Å². The molecule has 1 aromatic rings. The second kappa shape index (κ2) is 29.2. The Balaban J connectivity index is 1.21. The molecular weight excluding hydrogens is 1160 g/mol. The molecule has 5 aliphatic carbocycles. The number of allylic oxidation sites excluding steroid dienone is 1. The summed E-state index contributed by atoms with van der Waals surface area (Å²) in [5.74, 6) is -0.0729. The molecule has 2 saturated heterocycles. The smallest absolute Gasteiger partial charge is 0.338 e. The number of benzene rings is 1. The lowest BCUT2D eigenvalue weighted by molar-refractivity contribution is -0.343. The molecule has 16 nitrogen and oxygen atoms in total. The Kier molecular flexibility index (Phi) is 23.6. The summed E-state index contributed by atoms with van der Waals surface area (Å²) >= 11 is 0. The van der Waals surface area contributed by atoms with Gasteiger partial charge in [-0.3, -0.25) is 9.59 Å². The van der Waals surface area contributed by atoms with Crippen LogP contribution in [0.1, 0.15) is 171 Å². The van der Waals surface area contributed by atoms with E-state index in [0.29, 0.717) is 36.0 Å². The molecule has 0 bridgehead atoms. The lowest BCUT2D eigenvalue weighted by atomic mass is 9.44. The summed E-state index contributed by atoms with van der Waals surface area (Å²) in [6.45, 7) is 31.7. The van der Waals surface area contributed by atoms with Crippen molar-refractivity contribution in [3.8, 4) is 5.75 Å². The van der Waals surface area contributed by atoms with Crippen LogP contribution in [0.15, 0.2) is 36.9 Å². The predicted molar refractivity (Wildman–Crippen MR) is 343 cm³/mol. The van der Waals surface area contributed by atoms with Crippen LogP contribution in [0.3, 0.4) is 0 Å². The van der Waals surface area contributed by atoms with Gasteiger partial charge < -0.3 is 61.0 Å². The molecule has 7 aliphatic rings. The quantitative estimate of drug-likeness (QED) is 0.0236. The highest BCUT2D eigenvalue weighted by atomic mass is 28.4. The van der Waals surface area contributed by atoms with Gasteiger partial charge in [-0.15, -0.1) is 6.58 Å². The lowest BCUT2D eigenvalue weighted by Crippen LogP contribution is -2.66. The molecule has 0 unspecified atom stereocenters. The Labute approximate surface area is 525 Å². The number of esters is 3. The first-order valence-corrected chi connectivity index (χ1v) is 41.8. The maximum atomic E-state index is 14.8. The second-order valence-corrected chi connectivity index (χ2v) is 42.0. The maximum absolute atomic E-state index is 14.8. The fourth-order valence-corrected chi connectivity index (χ4v) is 27.0. The van der Waals surface area contributed by atoms with Gasteiger partial charge in [0, 0.05) is 37.2 Å². The normalized spacial score (nSPS) is 36.8. The third-order valence-corrected chi connectivity index (χ3v) is 38.6. The summed E-state index contributed by atoms with van der Waals surface area (Å²) in [6.07, 6.45) is 2.23. The zero-order valence-corrected chi connectivity index (χ0v) is 59.1. The number of rotatable bonds is 32. The minimum Gasteiger partial charge on any atom is -0.497 e. The summed E-state index contributed by atoms with van der Waals surface area (Å²) in [5, 5.41) is 14.2. The number of hydrogen-bond donors (Lipinski definition) is 1. The standard InChI is InChI=1S/C68H114O16Si3/c1-17-27-28-29-30-57(70)75-42-45(11)68(72)56(40-52-50-39-55(74-16)67-41-48(67)35-37-65(67,13)51(50)36-38-66(52,68)14)79-63-60(78-46(12)69)58(53(43-76-63)82-85(18-2,19-3)20-4)81-64-61(80-62(71)47-31-33-49(73-15)34-32-47)59(84-87(24-8,25-9)26-10)54(44-77-64)83-86(21-5,22-6)23-7/h17,31-34,45,48,50-56,58-61,63-64,72H,1,18-30,35-44H2,2-16H3/t45-,48+,50-,51+,52+,53+,54-,55-,56+,58+,59+,60-,61-,63+,64+,65-,66+,67-,68-/m1/s1. The number of unbranched alkanes of at least 4 members (excludes halogenated alkanes) is 2. The first-order chi connectivity index (χ1) is 41.6. The largest absolute Gasteiger partial charge is 0.497 e. The van der Waals surface area contributed by atoms with Crippen molar-refractivity contribution in [2.24, 2.45) is 45.8 Å². The topological polar surface area (TPSA) is 182 Å². The predicted octanol–water partition coefficient (Wildman–Crippen LogP) is 13.7. The molecule has 19 atom stereocenters. The summed E-state index contributed by atoms with van der Waals surface area (Å²) in [6, 6.07) is 14.4. The number of methoxy groups -OCH3 is 2. The van der Waals surface area contributed by atoms with E-state index in [-0.39, 0.29) is 61.0 Å². The van der Waals surface area contributed by atoms with Crippen molar-refractivity contribution in [3.63, 3.8) is 0 Å². The summed E-state index contributed by atoms with van der Waals surface area (Å²) in [5.41, 5.74) is -1.60. The molecule has 8 rings (SSSR count). The Morgan fingerprint density at radius 2 is 1.24 bits per heavy atom. The van der Waals surface area contributed by atoms with Crippen LogP contribution in [-0.2, 0) is 60.8 Å². The molecular formula is C68H114O16Si3. The molecule has 2 aliphatic heterocycles. The van der Waals surface area contributed by atoms with Crippen molar-refractivity contribution < 1.29 is 75.4 Å². The van der Waals surface area contributed by atoms with Gasteiger partial charge in [0.1, 0.15) is 23.6 Å². The van der Waals surface area contributed by atoms with Crippen LogP contribution in [0.2, 0.25) is 54.4 Å². The van der Waals surface area contributed by atoms with E-state index >= 15 is 0 Å². The Hall–Kier alpha value is -2.54. The molecule has 494 valence electrons. The number of carbonyl (C=O) groups is 3. The summed E-state index contributed by atoms with van der Waals surface area (Å²) < 4.78 is 82.8. The van der Waals surface area contributed by atoms with Crippen molar-refractivity contribution >= 4 is 42.9 Å². The number of ether oxygens (including phenoxy) is 9. The molecule has 87 heavy (non-hydrogen) atoms. The number of hydrogen-bond acceptors (Lipinski definition) is 16. The van der Waals surface area contributed by atoms with Crippen molar-refractivity contribution in [2.75, 3.05) is 34.0 Å². The van der Waals surface area contributed by atoms with Crippen LogP contribution < -0.4 is 4.74 Å². The van der Waals surface area contributed by atoms with Gasteiger partial charge >= 0.3 is 17.9 Å². The molecule has 1 N–H and O–H groups in total. The van der Waals surface area contributed by atoms with Crippen LogP contribution >= 0.6 is 0 Å². The van der Waals surface area contributed by atoms with Gasteiger partial charge in [-0.25, -0.2) is 4.79 Å². The Morgan fingerprint density at radius 3 is 1.78 bits per heavy atom. The Bertz CT molecular complexity index is 2410. The highest BCUT2D eigenvalue weighted by Crippen LogP contribution is 2.82. The van der Waals surface area contributed by atoms with E-state index in [1.54, 1.807) is 31.4 Å². The van der Waals surface area contributed by atoms with Crippen LogP contribution in [0.25, 0.3) is 0 Å². The summed E-state index contributed by atoms with van der Waals surface area (Å²) in [7, 11) is -3.90. The average Bonchev–Trinajstić information content (AvgIpc) is 1.49. The molecule has 5 saturated carbocycles. The number of fused-ring (bicyclic) bond motifs is 4. The average molecular weight is 1270 g/mol. The first-order valence-electron chi connectivity index (χ1n) is 34.2. The lowest BCUT2D eigenvalue weighted by Gasteiger charge is -2.61. The van der Waals surface area contributed by atoms with Gasteiger partial charge in [0.15, 0.2) is 49.7 Å². The van der Waals surface area contributed by atoms with E-state index in [0.717, 1.165) is 86.5 Å². The van der Waals surface area contributed by atoms with Crippen molar-refractivity contribution in [2.45, 2.75) is 282 Å². The molecule has 0 aromatic heterocycles. The summed E-state index contributed by atoms with van der Waals surface area (Å²) in [4.78, 5) is 42.2. The van der Waals surface area contributed by atoms with Crippen LogP contribution in [0, 0.1) is 45.8 Å². The van der Waals surface area contributed by atoms with Gasteiger partial charge in [-0.2, -0.15) is 0 Å². The van der Waals surface area contributed by atoms with E-state index in [1.807, 2.05) is 20.1 Å². The molecule has 19 heteroatoms. The fourth-order valence-electron chi connectivity index (χ4n) is 18.5. The first kappa shape index (κ1) is 70.3. The SMILES string of the molecule is C=CCCCCC(=O)OC[C@@H](C)[C@@]1(O)[C@@H](O[C@@H]2OC[C@H](O[Si](CC)(CC)CC)[C@H](O[C@@H]3OC[C@@H](O[Si](CC)(CC)CC)[C@H](O[Si](CC)(CC)CC)[C@H]3OC(=O)c3ccc(OC)cc3)[C@H]2OC(C)=O)C[C@H]2[C@@H]3C[C@@H](OC)[C@@]45C[C@@H]4CC[C@]5(C)[C@H]3CC[C@@]21C. The molecule has 0 amide bonds. The zero-order valence-electron chi connectivity index (χ0n) is 56.1. The van der Waals surface area contributed by atoms with Gasteiger partial charge in [-0.1, -0.05) is 89.2 Å². The molecule has 7 fully saturated rings. The van der Waals surface area contributed by atoms with Gasteiger partial charge in [0.2, 0.25) is 0 Å². The Morgan fingerprint density at radius 1 is 0.690 bits per heavy atom. The second-order valence-electron chi connectivity index (χ2n) is 27.8. The highest BCUT2D eigenvalue weighted by Gasteiger charge is 2.79. The van der Waals surface area contributed by atoms with Crippen molar-refractivity contribution in [3.05, 3.63) is 42.5 Å². The highest BCUT2D eigenvalue weighted by molar-refractivity contribution is 6.74. The number of aliphatic hydroxyl groups is 1. The monoisotopic (exact) mass is 1270 g/mol. The van der Waals surface area contributed by atoms with Crippen molar-refractivity contribution in [1.29, 1.82) is 0 Å². The number of carbonyl (C=O) groups excluding carboxylic acids is 3. The minimum atomic E-state index is -2.51. The molecule has 0 radical (unpaired) electrons. The van der Waals surface area contributed by atoms with Gasteiger partial charge in [0.05, 0.1) is 56.9 Å². The zero-order chi connectivity index (χ0) is 63.3. The van der Waals surface area contributed by atoms with E-state index in [2.05, 4.69) is 82.7 Å². The van der Waals surface area contributed by atoms with Crippen molar-refractivity contribution in [1.82, 2.24) is 0 Å². The van der Waals surface area contributed by atoms with E-state index in [1.165, 1.54) is 26.2 Å². The third-order valence-electron chi connectivity index (χ3n) is 24.6. The van der Waals surface area contributed by atoms with Crippen LogP contribution in [0.4, 0.5) is 0 Å².